The van der Waals surface area contributed by atoms with E-state index in [4.69, 9.17) is 5.73 Å². The number of benzene rings is 2. The van der Waals surface area contributed by atoms with Crippen LogP contribution in [0.1, 0.15) is 16.1 Å². The van der Waals surface area contributed by atoms with Crippen molar-refractivity contribution in [3.8, 4) is 22.4 Å². The van der Waals surface area contributed by atoms with Gasteiger partial charge in [-0.2, -0.15) is 0 Å². The van der Waals surface area contributed by atoms with Crippen molar-refractivity contribution in [1.82, 2.24) is 20.3 Å². The summed E-state index contributed by atoms with van der Waals surface area (Å²) in [7, 11) is 1.53. The van der Waals surface area contributed by atoms with Gasteiger partial charge in [0.25, 0.3) is 5.91 Å². The van der Waals surface area contributed by atoms with Crippen molar-refractivity contribution >= 4 is 22.6 Å². The minimum Gasteiger partial charge on any atom is -0.383 e. The monoisotopic (exact) mass is 387 g/mol. The molecule has 0 aliphatic carbocycles. The van der Waals surface area contributed by atoms with Crippen LogP contribution in [0.25, 0.3) is 33.3 Å². The maximum absolute atomic E-state index is 13.4. The molecule has 0 bridgehead atoms. The molecule has 4 rings (SSSR count). The van der Waals surface area contributed by atoms with E-state index in [1.165, 1.54) is 25.5 Å². The highest BCUT2D eigenvalue weighted by molar-refractivity contribution is 6.01. The van der Waals surface area contributed by atoms with Crippen molar-refractivity contribution in [2.75, 3.05) is 12.8 Å². The number of nitrogen functional groups attached to an aromatic ring is 1. The van der Waals surface area contributed by atoms with Crippen molar-refractivity contribution in [3.63, 3.8) is 0 Å². The van der Waals surface area contributed by atoms with E-state index in [0.29, 0.717) is 16.8 Å². The number of anilines is 1. The van der Waals surface area contributed by atoms with E-state index in [2.05, 4.69) is 20.3 Å². The van der Waals surface area contributed by atoms with Crippen molar-refractivity contribution in [1.29, 1.82) is 0 Å². The average molecular weight is 387 g/mol. The van der Waals surface area contributed by atoms with Gasteiger partial charge < -0.3 is 11.1 Å². The van der Waals surface area contributed by atoms with Crippen molar-refractivity contribution in [2.45, 2.75) is 6.92 Å². The van der Waals surface area contributed by atoms with Gasteiger partial charge in [-0.05, 0) is 55.0 Å². The molecule has 0 aliphatic rings. The molecule has 0 spiro atoms. The number of carbonyl (C=O) groups excluding carboxylic acids is 1. The topological polar surface area (TPSA) is 93.8 Å². The van der Waals surface area contributed by atoms with Gasteiger partial charge in [-0.25, -0.2) is 19.3 Å². The van der Waals surface area contributed by atoms with E-state index in [-0.39, 0.29) is 23.1 Å². The number of aryl methyl sites for hydroxylation is 1. The lowest BCUT2D eigenvalue weighted by molar-refractivity contribution is 0.0963. The highest BCUT2D eigenvalue weighted by Gasteiger charge is 2.18. The maximum atomic E-state index is 13.4. The Morgan fingerprint density at radius 2 is 1.76 bits per heavy atom. The SMILES string of the molecule is CNC(=O)c1cc(-c2ccc3ncnc(C)c3c2)c(-c2ccc(F)cc2)nc1N. The Kier molecular flexibility index (Phi) is 4.64. The molecule has 0 unspecified atom stereocenters. The number of hydrogen-bond donors (Lipinski definition) is 2. The summed E-state index contributed by atoms with van der Waals surface area (Å²) in [5, 5.41) is 3.47. The number of halogens is 1. The van der Waals surface area contributed by atoms with Crippen LogP contribution in [-0.2, 0) is 0 Å². The van der Waals surface area contributed by atoms with Crippen LogP contribution >= 0.6 is 0 Å². The summed E-state index contributed by atoms with van der Waals surface area (Å²) >= 11 is 0. The number of carbonyl (C=O) groups is 1. The number of pyridine rings is 1. The van der Waals surface area contributed by atoms with E-state index < -0.39 is 0 Å². The van der Waals surface area contributed by atoms with Crippen LogP contribution in [0.4, 0.5) is 10.2 Å². The zero-order valence-corrected chi connectivity index (χ0v) is 15.9. The van der Waals surface area contributed by atoms with E-state index in [0.717, 1.165) is 22.2 Å². The molecule has 0 saturated carbocycles. The third-order valence-electron chi connectivity index (χ3n) is 4.79. The predicted molar refractivity (Wildman–Crippen MR) is 111 cm³/mol. The Balaban J connectivity index is 2.00. The molecule has 0 aliphatic heterocycles. The Bertz CT molecular complexity index is 1240. The number of rotatable bonds is 3. The first-order valence-electron chi connectivity index (χ1n) is 8.98. The summed E-state index contributed by atoms with van der Waals surface area (Å²) in [5.41, 5.74) is 10.8. The third-order valence-corrected chi connectivity index (χ3v) is 4.79. The molecule has 4 aromatic rings. The van der Waals surface area contributed by atoms with Crippen LogP contribution < -0.4 is 11.1 Å². The first kappa shape index (κ1) is 18.5. The van der Waals surface area contributed by atoms with Crippen LogP contribution in [0.3, 0.4) is 0 Å². The van der Waals surface area contributed by atoms with E-state index in [1.807, 2.05) is 25.1 Å². The number of aromatic nitrogens is 3. The molecule has 0 saturated heterocycles. The molecule has 0 atom stereocenters. The second-order valence-corrected chi connectivity index (χ2v) is 6.59. The maximum Gasteiger partial charge on any atom is 0.254 e. The van der Waals surface area contributed by atoms with Gasteiger partial charge in [0.1, 0.15) is 18.0 Å². The van der Waals surface area contributed by atoms with Crippen LogP contribution in [0.15, 0.2) is 54.9 Å². The normalized spacial score (nSPS) is 10.9. The van der Waals surface area contributed by atoms with Crippen LogP contribution in [-0.4, -0.2) is 27.9 Å². The van der Waals surface area contributed by atoms with Crippen LogP contribution in [0.2, 0.25) is 0 Å². The molecular formula is C22H18FN5O. The fourth-order valence-electron chi connectivity index (χ4n) is 3.25. The Morgan fingerprint density at radius 1 is 1.03 bits per heavy atom. The molecule has 6 nitrogen and oxygen atoms in total. The summed E-state index contributed by atoms with van der Waals surface area (Å²) in [6.45, 7) is 1.91. The predicted octanol–water partition coefficient (Wildman–Crippen LogP) is 3.75. The first-order valence-corrected chi connectivity index (χ1v) is 8.98. The number of hydrogen-bond acceptors (Lipinski definition) is 5. The lowest BCUT2D eigenvalue weighted by Gasteiger charge is -2.14. The van der Waals surface area contributed by atoms with Gasteiger partial charge in [-0.15, -0.1) is 0 Å². The van der Waals surface area contributed by atoms with Crippen molar-refractivity contribution in [3.05, 3.63) is 71.9 Å². The van der Waals surface area contributed by atoms with Gasteiger partial charge in [0.2, 0.25) is 0 Å². The van der Waals surface area contributed by atoms with Crippen molar-refractivity contribution < 1.29 is 9.18 Å². The molecule has 29 heavy (non-hydrogen) atoms. The molecule has 0 fully saturated rings. The standard InChI is InChI=1S/C22H18FN5O/c1-12-16-9-14(5-8-19(16)27-11-26-12)17-10-18(22(29)25-2)21(24)28-20(17)13-3-6-15(23)7-4-13/h3-11H,1-2H3,(H2,24,28)(H,25,29). The largest absolute Gasteiger partial charge is 0.383 e. The average Bonchev–Trinajstić information content (AvgIpc) is 2.74. The fraction of sp³-hybridized carbons (Fsp3) is 0.0909. The lowest BCUT2D eigenvalue weighted by atomic mass is 9.96. The van der Waals surface area contributed by atoms with Gasteiger partial charge in [-0.1, -0.05) is 6.07 Å². The molecule has 2 heterocycles. The van der Waals surface area contributed by atoms with Crippen LogP contribution in [0.5, 0.6) is 0 Å². The molecule has 7 heteroatoms. The number of nitrogens with zero attached hydrogens (tertiary/aromatic N) is 3. The Morgan fingerprint density at radius 3 is 2.48 bits per heavy atom. The van der Waals surface area contributed by atoms with Crippen LogP contribution in [0, 0.1) is 12.7 Å². The minimum atomic E-state index is -0.344. The highest BCUT2D eigenvalue weighted by atomic mass is 19.1. The summed E-state index contributed by atoms with van der Waals surface area (Å²) in [6, 6.07) is 13.5. The highest BCUT2D eigenvalue weighted by Crippen LogP contribution is 2.35. The second kappa shape index (κ2) is 7.27. The molecule has 2 aromatic heterocycles. The second-order valence-electron chi connectivity index (χ2n) is 6.59. The van der Waals surface area contributed by atoms with Gasteiger partial charge in [0.05, 0.1) is 16.8 Å². The molecule has 0 radical (unpaired) electrons. The smallest absolute Gasteiger partial charge is 0.254 e. The molecule has 3 N–H and O–H groups in total. The van der Waals surface area contributed by atoms with Gasteiger partial charge in [-0.3, -0.25) is 4.79 Å². The van der Waals surface area contributed by atoms with Gasteiger partial charge >= 0.3 is 0 Å². The number of amides is 1. The summed E-state index contributed by atoms with van der Waals surface area (Å²) < 4.78 is 13.4. The van der Waals surface area contributed by atoms with Gasteiger partial charge in [0.15, 0.2) is 0 Å². The number of fused-ring (bicyclic) bond motifs is 1. The molecule has 1 amide bonds. The number of nitrogens with two attached hydrogens (primary N) is 1. The Labute approximate surface area is 166 Å². The molecular weight excluding hydrogens is 369 g/mol. The lowest BCUT2D eigenvalue weighted by Crippen LogP contribution is -2.20. The van der Waals surface area contributed by atoms with E-state index >= 15 is 0 Å². The minimum absolute atomic E-state index is 0.104. The summed E-state index contributed by atoms with van der Waals surface area (Å²) in [5.74, 6) is -0.571. The summed E-state index contributed by atoms with van der Waals surface area (Å²) in [4.78, 5) is 25.3. The van der Waals surface area contributed by atoms with E-state index in [9.17, 15) is 9.18 Å². The number of nitrogens with one attached hydrogen (secondary N) is 1. The van der Waals surface area contributed by atoms with Crippen molar-refractivity contribution in [2.24, 2.45) is 0 Å². The Hall–Kier alpha value is -3.87. The quantitative estimate of drug-likeness (QED) is 0.558. The molecule has 2 aromatic carbocycles. The zero-order valence-electron chi connectivity index (χ0n) is 15.9. The third kappa shape index (κ3) is 3.38. The van der Waals surface area contributed by atoms with E-state index in [1.54, 1.807) is 18.2 Å². The summed E-state index contributed by atoms with van der Waals surface area (Å²) in [6.07, 6.45) is 1.52. The molecule has 144 valence electrons. The van der Waals surface area contributed by atoms with Gasteiger partial charge in [0, 0.05) is 29.3 Å². The first-order chi connectivity index (χ1) is 14.0. The zero-order chi connectivity index (χ0) is 20.5. The fourth-order valence-corrected chi connectivity index (χ4v) is 3.25.